The normalized spacial score (nSPS) is 22.6. The molecule has 11 heavy (non-hydrogen) atoms. The molecule has 0 radical (unpaired) electrons. The van der Waals surface area contributed by atoms with Crippen molar-refractivity contribution in [3.05, 3.63) is 0 Å². The third-order valence-corrected chi connectivity index (χ3v) is 1.90. The van der Waals surface area contributed by atoms with E-state index in [1.165, 1.54) is 0 Å². The molecular formula is C9H19NO. The molecule has 0 saturated carbocycles. The summed E-state index contributed by atoms with van der Waals surface area (Å²) in [5.41, 5.74) is 0. The Morgan fingerprint density at radius 2 is 2.00 bits per heavy atom. The van der Waals surface area contributed by atoms with E-state index in [9.17, 15) is 4.79 Å². The summed E-state index contributed by atoms with van der Waals surface area (Å²) in [5.74, 6) is 1.03. The van der Waals surface area contributed by atoms with Crippen LogP contribution in [0.1, 0.15) is 34.1 Å². The third-order valence-electron chi connectivity index (χ3n) is 1.90. The van der Waals surface area contributed by atoms with Gasteiger partial charge in [-0.05, 0) is 12.3 Å². The summed E-state index contributed by atoms with van der Waals surface area (Å²) in [6, 6.07) is 0. The Morgan fingerprint density at radius 3 is 2.18 bits per heavy atom. The van der Waals surface area contributed by atoms with Crippen LogP contribution in [0.3, 0.4) is 0 Å². The van der Waals surface area contributed by atoms with Gasteiger partial charge in [0, 0.05) is 12.5 Å². The van der Waals surface area contributed by atoms with Crippen molar-refractivity contribution >= 4 is 5.91 Å². The fourth-order valence-electron chi connectivity index (χ4n) is 1.25. The van der Waals surface area contributed by atoms with Crippen molar-refractivity contribution in [1.82, 2.24) is 5.32 Å². The SMILES string of the molecule is CC.CC(C)C1CCNC1=O. The van der Waals surface area contributed by atoms with Gasteiger partial charge in [-0.15, -0.1) is 0 Å². The zero-order chi connectivity index (χ0) is 8.85. The van der Waals surface area contributed by atoms with Gasteiger partial charge in [0.25, 0.3) is 0 Å². The molecule has 1 heterocycles. The van der Waals surface area contributed by atoms with Crippen LogP contribution >= 0.6 is 0 Å². The van der Waals surface area contributed by atoms with Crippen molar-refractivity contribution in [3.63, 3.8) is 0 Å². The van der Waals surface area contributed by atoms with E-state index < -0.39 is 0 Å². The number of carbonyl (C=O) groups is 1. The smallest absolute Gasteiger partial charge is 0.223 e. The Hall–Kier alpha value is -0.530. The second-order valence-electron chi connectivity index (χ2n) is 2.93. The fourth-order valence-corrected chi connectivity index (χ4v) is 1.25. The average Bonchev–Trinajstić information content (AvgIpc) is 2.39. The molecular weight excluding hydrogens is 138 g/mol. The number of carbonyl (C=O) groups excluding carboxylic acids is 1. The molecule has 0 aromatic rings. The average molecular weight is 157 g/mol. The summed E-state index contributed by atoms with van der Waals surface area (Å²) in [4.78, 5) is 10.9. The van der Waals surface area contributed by atoms with Crippen molar-refractivity contribution < 1.29 is 4.79 Å². The minimum absolute atomic E-state index is 0.241. The van der Waals surface area contributed by atoms with Gasteiger partial charge in [0.1, 0.15) is 0 Å². The summed E-state index contributed by atoms with van der Waals surface area (Å²) in [5, 5.41) is 2.81. The van der Waals surface area contributed by atoms with Crippen LogP contribution in [-0.4, -0.2) is 12.5 Å². The van der Waals surface area contributed by atoms with Crippen LogP contribution < -0.4 is 5.32 Å². The number of rotatable bonds is 1. The molecule has 1 fully saturated rings. The molecule has 0 bridgehead atoms. The van der Waals surface area contributed by atoms with E-state index in [0.717, 1.165) is 13.0 Å². The predicted octanol–water partition coefficient (Wildman–Crippen LogP) is 1.80. The lowest BCUT2D eigenvalue weighted by atomic mass is 9.95. The van der Waals surface area contributed by atoms with Gasteiger partial charge in [-0.2, -0.15) is 0 Å². The Labute approximate surface area is 69.4 Å². The lowest BCUT2D eigenvalue weighted by molar-refractivity contribution is -0.123. The first-order valence-electron chi connectivity index (χ1n) is 4.49. The van der Waals surface area contributed by atoms with Gasteiger partial charge in [-0.25, -0.2) is 0 Å². The van der Waals surface area contributed by atoms with Gasteiger partial charge in [0.2, 0.25) is 5.91 Å². The highest BCUT2D eigenvalue weighted by Crippen LogP contribution is 2.18. The topological polar surface area (TPSA) is 29.1 Å². The van der Waals surface area contributed by atoms with Crippen LogP contribution in [0.2, 0.25) is 0 Å². The monoisotopic (exact) mass is 157 g/mol. The second kappa shape index (κ2) is 5.16. The summed E-state index contributed by atoms with van der Waals surface area (Å²) >= 11 is 0. The lowest BCUT2D eigenvalue weighted by Crippen LogP contribution is -2.22. The highest BCUT2D eigenvalue weighted by Gasteiger charge is 2.26. The van der Waals surface area contributed by atoms with E-state index in [0.29, 0.717) is 5.92 Å². The van der Waals surface area contributed by atoms with Crippen LogP contribution in [-0.2, 0) is 4.79 Å². The maximum atomic E-state index is 10.9. The summed E-state index contributed by atoms with van der Waals surface area (Å²) in [6.45, 7) is 9.06. The summed E-state index contributed by atoms with van der Waals surface area (Å²) < 4.78 is 0. The zero-order valence-electron chi connectivity index (χ0n) is 7.98. The van der Waals surface area contributed by atoms with E-state index in [1.54, 1.807) is 0 Å². The molecule has 1 amide bonds. The molecule has 1 rings (SSSR count). The Kier molecular flexibility index (Phi) is 4.92. The zero-order valence-corrected chi connectivity index (χ0v) is 7.98. The Bertz CT molecular complexity index is 121. The molecule has 1 unspecified atom stereocenters. The van der Waals surface area contributed by atoms with Crippen LogP contribution in [0.25, 0.3) is 0 Å². The van der Waals surface area contributed by atoms with Crippen molar-refractivity contribution in [3.8, 4) is 0 Å². The van der Waals surface area contributed by atoms with Gasteiger partial charge >= 0.3 is 0 Å². The van der Waals surface area contributed by atoms with Gasteiger partial charge in [0.15, 0.2) is 0 Å². The van der Waals surface area contributed by atoms with Crippen LogP contribution in [0.4, 0.5) is 0 Å². The predicted molar refractivity (Wildman–Crippen MR) is 47.3 cm³/mol. The van der Waals surface area contributed by atoms with Crippen molar-refractivity contribution in [2.45, 2.75) is 34.1 Å². The van der Waals surface area contributed by atoms with Gasteiger partial charge < -0.3 is 5.32 Å². The third kappa shape index (κ3) is 2.91. The highest BCUT2D eigenvalue weighted by molar-refractivity contribution is 5.80. The minimum Gasteiger partial charge on any atom is -0.356 e. The Morgan fingerprint density at radius 1 is 1.45 bits per heavy atom. The molecule has 0 aromatic heterocycles. The maximum absolute atomic E-state index is 10.9. The van der Waals surface area contributed by atoms with E-state index in [-0.39, 0.29) is 11.8 Å². The molecule has 1 N–H and O–H groups in total. The molecule has 0 aromatic carbocycles. The molecule has 1 aliphatic heterocycles. The van der Waals surface area contributed by atoms with Crippen LogP contribution in [0.5, 0.6) is 0 Å². The first-order chi connectivity index (χ1) is 5.22. The van der Waals surface area contributed by atoms with Crippen LogP contribution in [0.15, 0.2) is 0 Å². The molecule has 2 nitrogen and oxygen atoms in total. The molecule has 1 atom stereocenters. The maximum Gasteiger partial charge on any atom is 0.223 e. The van der Waals surface area contributed by atoms with Crippen LogP contribution in [0, 0.1) is 11.8 Å². The first kappa shape index (κ1) is 10.5. The first-order valence-corrected chi connectivity index (χ1v) is 4.49. The number of hydrogen-bond acceptors (Lipinski definition) is 1. The lowest BCUT2D eigenvalue weighted by Gasteiger charge is -2.08. The van der Waals surface area contributed by atoms with E-state index >= 15 is 0 Å². The van der Waals surface area contributed by atoms with E-state index in [1.807, 2.05) is 13.8 Å². The molecule has 66 valence electrons. The fraction of sp³-hybridized carbons (Fsp3) is 0.889. The second-order valence-corrected chi connectivity index (χ2v) is 2.93. The number of amides is 1. The van der Waals surface area contributed by atoms with Crippen molar-refractivity contribution in [2.24, 2.45) is 11.8 Å². The van der Waals surface area contributed by atoms with Gasteiger partial charge in [-0.1, -0.05) is 27.7 Å². The molecule has 1 aliphatic rings. The van der Waals surface area contributed by atoms with Crippen molar-refractivity contribution in [1.29, 1.82) is 0 Å². The number of hydrogen-bond donors (Lipinski definition) is 1. The Balaban J connectivity index is 0.000000461. The standard InChI is InChI=1S/C7H13NO.C2H6/c1-5(2)6-3-4-8-7(6)9;1-2/h5-6H,3-4H2,1-2H3,(H,8,9);1-2H3. The summed E-state index contributed by atoms with van der Waals surface area (Å²) in [7, 11) is 0. The minimum atomic E-state index is 0.241. The van der Waals surface area contributed by atoms with E-state index in [4.69, 9.17) is 0 Å². The molecule has 0 spiro atoms. The quantitative estimate of drug-likeness (QED) is 0.618. The highest BCUT2D eigenvalue weighted by atomic mass is 16.2. The van der Waals surface area contributed by atoms with Crippen molar-refractivity contribution in [2.75, 3.05) is 6.54 Å². The largest absolute Gasteiger partial charge is 0.356 e. The summed E-state index contributed by atoms with van der Waals surface area (Å²) in [6.07, 6.45) is 1.02. The van der Waals surface area contributed by atoms with E-state index in [2.05, 4.69) is 19.2 Å². The van der Waals surface area contributed by atoms with Gasteiger partial charge in [-0.3, -0.25) is 4.79 Å². The van der Waals surface area contributed by atoms with Gasteiger partial charge in [0.05, 0.1) is 0 Å². The molecule has 0 aliphatic carbocycles. The molecule has 1 saturated heterocycles. The molecule has 2 heteroatoms. The number of nitrogens with one attached hydrogen (secondary N) is 1.